The number of carbonyl (C=O) groups is 1. The summed E-state index contributed by atoms with van der Waals surface area (Å²) < 4.78 is 52.6. The van der Waals surface area contributed by atoms with Crippen LogP contribution in [-0.4, -0.2) is 36.1 Å². The van der Waals surface area contributed by atoms with E-state index in [2.05, 4.69) is 4.74 Å². The molecule has 0 aliphatic heterocycles. The maximum Gasteiger partial charge on any atom is 0.338 e. The average Bonchev–Trinajstić information content (AvgIpc) is 2.37. The van der Waals surface area contributed by atoms with Crippen molar-refractivity contribution in [2.45, 2.75) is 38.5 Å². The van der Waals surface area contributed by atoms with E-state index < -0.39 is 37.3 Å². The van der Waals surface area contributed by atoms with Gasteiger partial charge in [0.15, 0.2) is 0 Å². The third-order valence-electron chi connectivity index (χ3n) is 2.33. The Balaban J connectivity index is 0.000000534. The van der Waals surface area contributed by atoms with Gasteiger partial charge in [-0.3, -0.25) is 0 Å². The molecule has 1 rings (SSSR count). The van der Waals surface area contributed by atoms with Gasteiger partial charge in [0.05, 0.1) is 12.2 Å². The van der Waals surface area contributed by atoms with E-state index in [0.717, 1.165) is 13.8 Å². The minimum atomic E-state index is -2.79. The summed E-state index contributed by atoms with van der Waals surface area (Å²) in [5.74, 6) is -6.06. The Bertz CT molecular complexity index is 425. The molecule has 0 aliphatic rings. The zero-order valence-corrected chi connectivity index (χ0v) is 12.5. The van der Waals surface area contributed by atoms with Gasteiger partial charge < -0.3 is 9.84 Å². The molecule has 0 heterocycles. The Kier molecular flexibility index (Phi) is 8.70. The molecule has 1 N–H and O–H groups in total. The van der Waals surface area contributed by atoms with E-state index in [0.29, 0.717) is 5.56 Å². The normalized spacial score (nSPS) is 11.4. The summed E-state index contributed by atoms with van der Waals surface area (Å²) in [6, 6.07) is 8.28. The topological polar surface area (TPSA) is 46.5 Å². The molecule has 0 saturated carbocycles. The molecule has 3 nitrogen and oxygen atoms in total. The van der Waals surface area contributed by atoms with E-state index in [1.54, 1.807) is 30.3 Å². The second kappa shape index (κ2) is 9.40. The Labute approximate surface area is 126 Å². The van der Waals surface area contributed by atoms with Crippen LogP contribution in [0.25, 0.3) is 0 Å². The van der Waals surface area contributed by atoms with E-state index in [9.17, 15) is 22.4 Å². The first kappa shape index (κ1) is 20.4. The van der Waals surface area contributed by atoms with Gasteiger partial charge in [-0.05, 0) is 26.0 Å². The van der Waals surface area contributed by atoms with Gasteiger partial charge in [0.2, 0.25) is 11.8 Å². The van der Waals surface area contributed by atoms with Crippen molar-refractivity contribution in [2.24, 2.45) is 0 Å². The molecule has 0 bridgehead atoms. The average molecular weight is 324 g/mol. The molecular weight excluding hydrogens is 304 g/mol. The molecule has 0 spiro atoms. The molecule has 0 saturated heterocycles. The van der Waals surface area contributed by atoms with Gasteiger partial charge in [-0.25, -0.2) is 22.4 Å². The highest BCUT2D eigenvalue weighted by Crippen LogP contribution is 2.16. The molecule has 0 amide bonds. The van der Waals surface area contributed by atoms with Gasteiger partial charge >= 0.3 is 5.97 Å². The minimum absolute atomic E-state index is 0.267. The first-order valence-corrected chi connectivity index (χ1v) is 6.64. The van der Waals surface area contributed by atoms with Crippen molar-refractivity contribution in [1.82, 2.24) is 0 Å². The zero-order chi connectivity index (χ0) is 17.2. The predicted octanol–water partition coefficient (Wildman–Crippen LogP) is 3.91. The third-order valence-corrected chi connectivity index (χ3v) is 2.33. The van der Waals surface area contributed by atoms with Crippen LogP contribution in [0.5, 0.6) is 0 Å². The molecule has 0 aliphatic carbocycles. The summed E-state index contributed by atoms with van der Waals surface area (Å²) in [7, 11) is 0. The Morgan fingerprint density at radius 2 is 1.55 bits per heavy atom. The molecule has 22 heavy (non-hydrogen) atoms. The van der Waals surface area contributed by atoms with Crippen LogP contribution >= 0.6 is 0 Å². The number of aliphatic hydroxyl groups is 1. The molecular formula is C15H20F4O3. The monoisotopic (exact) mass is 324 g/mol. The van der Waals surface area contributed by atoms with Gasteiger partial charge in [-0.2, -0.15) is 0 Å². The molecule has 0 unspecified atom stereocenters. The van der Waals surface area contributed by atoms with Crippen molar-refractivity contribution in [3.63, 3.8) is 0 Å². The second-order valence-electron chi connectivity index (χ2n) is 4.87. The molecule has 0 atom stereocenters. The number of aliphatic hydroxyl groups excluding tert-OH is 1. The molecule has 0 aromatic heterocycles. The number of ether oxygens (including phenoxy) is 1. The van der Waals surface area contributed by atoms with Crippen molar-refractivity contribution in [3.05, 3.63) is 35.9 Å². The van der Waals surface area contributed by atoms with Crippen LogP contribution in [0, 0.1) is 0 Å². The summed E-state index contributed by atoms with van der Waals surface area (Å²) in [4.78, 5) is 11.3. The van der Waals surface area contributed by atoms with Gasteiger partial charge in [-0.1, -0.05) is 18.2 Å². The Morgan fingerprint density at radius 3 is 1.91 bits per heavy atom. The fraction of sp³-hybridized carbons (Fsp3) is 0.533. The lowest BCUT2D eigenvalue weighted by Gasteiger charge is -2.09. The van der Waals surface area contributed by atoms with Gasteiger partial charge in [0, 0.05) is 19.4 Å². The Morgan fingerprint density at radius 1 is 1.05 bits per heavy atom. The van der Waals surface area contributed by atoms with Gasteiger partial charge in [-0.15, -0.1) is 0 Å². The quantitative estimate of drug-likeness (QED) is 0.637. The first-order valence-electron chi connectivity index (χ1n) is 6.64. The van der Waals surface area contributed by atoms with E-state index in [1.807, 2.05) is 0 Å². The summed E-state index contributed by atoms with van der Waals surface area (Å²) in [5, 5.41) is 7.92. The summed E-state index contributed by atoms with van der Waals surface area (Å²) in [6.07, 6.45) is -0.890. The number of hydrogen-bond acceptors (Lipinski definition) is 3. The van der Waals surface area contributed by atoms with Crippen LogP contribution in [0.15, 0.2) is 30.3 Å². The molecule has 0 fully saturated rings. The number of alkyl halides is 4. The number of halogens is 4. The van der Waals surface area contributed by atoms with E-state index in [4.69, 9.17) is 5.11 Å². The Hall–Kier alpha value is -1.63. The summed E-state index contributed by atoms with van der Waals surface area (Å²) in [5.41, 5.74) is 0.372. The van der Waals surface area contributed by atoms with Crippen molar-refractivity contribution >= 4 is 5.97 Å². The molecule has 0 radical (unpaired) electrons. The smallest absolute Gasteiger partial charge is 0.338 e. The highest BCUT2D eigenvalue weighted by atomic mass is 19.3. The van der Waals surface area contributed by atoms with Crippen molar-refractivity contribution in [1.29, 1.82) is 0 Å². The fourth-order valence-corrected chi connectivity index (χ4v) is 1.18. The largest absolute Gasteiger partial charge is 0.462 e. The molecule has 1 aromatic carbocycles. The highest BCUT2D eigenvalue weighted by molar-refractivity contribution is 5.89. The van der Waals surface area contributed by atoms with Crippen LogP contribution in [0.2, 0.25) is 0 Å². The number of benzene rings is 1. The number of carbonyl (C=O) groups excluding carboxylic acids is 1. The first-order chi connectivity index (χ1) is 10.0. The van der Waals surface area contributed by atoms with E-state index >= 15 is 0 Å². The lowest BCUT2D eigenvalue weighted by atomic mass is 10.2. The zero-order valence-electron chi connectivity index (χ0n) is 12.5. The summed E-state index contributed by atoms with van der Waals surface area (Å²) >= 11 is 0. The van der Waals surface area contributed by atoms with Crippen LogP contribution < -0.4 is 0 Å². The van der Waals surface area contributed by atoms with E-state index in [-0.39, 0.29) is 6.61 Å². The SMILES string of the molecule is CC(F)(F)CCO.CC(F)(F)CCOC(=O)c1ccccc1. The number of hydrogen-bond donors (Lipinski definition) is 1. The second-order valence-corrected chi connectivity index (χ2v) is 4.87. The van der Waals surface area contributed by atoms with E-state index in [1.165, 1.54) is 0 Å². The van der Waals surface area contributed by atoms with Gasteiger partial charge in [0.1, 0.15) is 0 Å². The van der Waals surface area contributed by atoms with Crippen LogP contribution in [0.1, 0.15) is 37.0 Å². The lowest BCUT2D eigenvalue weighted by molar-refractivity contribution is -0.0111. The molecule has 126 valence electrons. The maximum atomic E-state index is 12.4. The maximum absolute atomic E-state index is 12.4. The molecule has 7 heteroatoms. The summed E-state index contributed by atoms with van der Waals surface area (Å²) in [6.45, 7) is 0.868. The minimum Gasteiger partial charge on any atom is -0.462 e. The number of esters is 1. The number of rotatable bonds is 6. The standard InChI is InChI=1S/C11H12F2O2.C4H8F2O/c1-11(12,13)7-8-15-10(14)9-5-3-2-4-6-9;1-4(5,6)2-3-7/h2-6H,7-8H2,1H3;7H,2-3H2,1H3. The van der Waals surface area contributed by atoms with Crippen molar-refractivity contribution < 1.29 is 32.2 Å². The fourth-order valence-electron chi connectivity index (χ4n) is 1.18. The van der Waals surface area contributed by atoms with Crippen molar-refractivity contribution in [2.75, 3.05) is 13.2 Å². The van der Waals surface area contributed by atoms with Gasteiger partial charge in [0.25, 0.3) is 0 Å². The van der Waals surface area contributed by atoms with Crippen LogP contribution in [-0.2, 0) is 4.74 Å². The van der Waals surface area contributed by atoms with Crippen LogP contribution in [0.4, 0.5) is 17.6 Å². The highest BCUT2D eigenvalue weighted by Gasteiger charge is 2.21. The third kappa shape index (κ3) is 12.1. The van der Waals surface area contributed by atoms with Crippen molar-refractivity contribution in [3.8, 4) is 0 Å². The predicted molar refractivity (Wildman–Crippen MR) is 74.3 cm³/mol. The lowest BCUT2D eigenvalue weighted by Crippen LogP contribution is -2.15. The molecule has 1 aromatic rings. The van der Waals surface area contributed by atoms with Crippen LogP contribution in [0.3, 0.4) is 0 Å².